The maximum atomic E-state index is 13.0. The van der Waals surface area contributed by atoms with Crippen molar-refractivity contribution in [3.8, 4) is 0 Å². The van der Waals surface area contributed by atoms with Crippen LogP contribution in [-0.4, -0.2) is 20.9 Å². The quantitative estimate of drug-likeness (QED) is 0.898. The Kier molecular flexibility index (Phi) is 4.23. The number of benzene rings is 2. The average molecular weight is 370 g/mol. The van der Waals surface area contributed by atoms with Crippen molar-refractivity contribution in [3.05, 3.63) is 53.1 Å². The van der Waals surface area contributed by atoms with E-state index in [0.717, 1.165) is 48.2 Å². The number of aryl methyl sites for hydroxylation is 3. The van der Waals surface area contributed by atoms with Crippen LogP contribution in [0.1, 0.15) is 36.5 Å². The SMILES string of the molecule is CCc1ccccc1NS(=O)(=O)c1cc2c3c(c1)CCC(=O)N3CCC2. The molecule has 1 amide bonds. The summed E-state index contributed by atoms with van der Waals surface area (Å²) in [5, 5.41) is 0. The van der Waals surface area contributed by atoms with Gasteiger partial charge in [0.05, 0.1) is 16.3 Å². The first-order chi connectivity index (χ1) is 12.5. The fraction of sp³-hybridized carbons (Fsp3) is 0.350. The summed E-state index contributed by atoms with van der Waals surface area (Å²) < 4.78 is 28.7. The van der Waals surface area contributed by atoms with Crippen LogP contribution in [0.15, 0.2) is 41.3 Å². The molecule has 0 fully saturated rings. The van der Waals surface area contributed by atoms with E-state index in [9.17, 15) is 13.2 Å². The summed E-state index contributed by atoms with van der Waals surface area (Å²) >= 11 is 0. The second-order valence-electron chi connectivity index (χ2n) is 6.86. The van der Waals surface area contributed by atoms with Crippen LogP contribution in [0.2, 0.25) is 0 Å². The molecule has 2 heterocycles. The third-order valence-corrected chi connectivity index (χ3v) is 6.55. The molecule has 0 spiro atoms. The molecule has 2 aromatic rings. The van der Waals surface area contributed by atoms with Crippen molar-refractivity contribution < 1.29 is 13.2 Å². The van der Waals surface area contributed by atoms with E-state index >= 15 is 0 Å². The third kappa shape index (κ3) is 2.88. The summed E-state index contributed by atoms with van der Waals surface area (Å²) in [7, 11) is -3.67. The van der Waals surface area contributed by atoms with Gasteiger partial charge in [-0.3, -0.25) is 9.52 Å². The molecule has 0 saturated heterocycles. The van der Waals surface area contributed by atoms with Crippen molar-refractivity contribution in [2.45, 2.75) is 43.9 Å². The zero-order valence-corrected chi connectivity index (χ0v) is 15.6. The smallest absolute Gasteiger partial charge is 0.261 e. The van der Waals surface area contributed by atoms with Gasteiger partial charge in [-0.1, -0.05) is 25.1 Å². The number of carbonyl (C=O) groups excluding carboxylic acids is 1. The summed E-state index contributed by atoms with van der Waals surface area (Å²) in [5.74, 6) is 0.143. The van der Waals surface area contributed by atoms with Gasteiger partial charge in [-0.2, -0.15) is 0 Å². The van der Waals surface area contributed by atoms with Gasteiger partial charge in [0.25, 0.3) is 10.0 Å². The van der Waals surface area contributed by atoms with Crippen molar-refractivity contribution in [1.82, 2.24) is 0 Å². The van der Waals surface area contributed by atoms with Crippen molar-refractivity contribution in [3.63, 3.8) is 0 Å². The van der Waals surface area contributed by atoms with E-state index < -0.39 is 10.0 Å². The van der Waals surface area contributed by atoms with E-state index in [-0.39, 0.29) is 10.8 Å². The van der Waals surface area contributed by atoms with Crippen LogP contribution in [-0.2, 0) is 34.1 Å². The molecule has 26 heavy (non-hydrogen) atoms. The number of nitrogens with zero attached hydrogens (tertiary/aromatic N) is 1. The lowest BCUT2D eigenvalue weighted by Crippen LogP contribution is -2.39. The minimum absolute atomic E-state index is 0.143. The summed E-state index contributed by atoms with van der Waals surface area (Å²) in [6.45, 7) is 2.73. The van der Waals surface area contributed by atoms with Gasteiger partial charge in [0, 0.05) is 13.0 Å². The first-order valence-corrected chi connectivity index (χ1v) is 10.5. The van der Waals surface area contributed by atoms with Gasteiger partial charge < -0.3 is 4.90 Å². The highest BCUT2D eigenvalue weighted by atomic mass is 32.2. The maximum absolute atomic E-state index is 13.0. The van der Waals surface area contributed by atoms with Crippen molar-refractivity contribution >= 4 is 27.3 Å². The Bertz CT molecular complexity index is 965. The lowest BCUT2D eigenvalue weighted by molar-refractivity contribution is -0.119. The number of sulfonamides is 1. The van der Waals surface area contributed by atoms with Gasteiger partial charge >= 0.3 is 0 Å². The average Bonchev–Trinajstić information content (AvgIpc) is 2.64. The number of rotatable bonds is 4. The fourth-order valence-electron chi connectivity index (χ4n) is 3.91. The van der Waals surface area contributed by atoms with E-state index in [1.165, 1.54) is 0 Å². The zero-order valence-electron chi connectivity index (χ0n) is 14.8. The van der Waals surface area contributed by atoms with Gasteiger partial charge in [-0.15, -0.1) is 0 Å². The molecule has 2 aliphatic heterocycles. The number of hydrogen-bond acceptors (Lipinski definition) is 3. The summed E-state index contributed by atoms with van der Waals surface area (Å²) in [6.07, 6.45) is 3.48. The molecule has 136 valence electrons. The molecule has 6 heteroatoms. The highest BCUT2D eigenvalue weighted by Crippen LogP contribution is 2.38. The predicted molar refractivity (Wildman–Crippen MR) is 102 cm³/mol. The highest BCUT2D eigenvalue weighted by Gasteiger charge is 2.31. The van der Waals surface area contributed by atoms with E-state index in [1.807, 2.05) is 30.0 Å². The van der Waals surface area contributed by atoms with E-state index in [2.05, 4.69) is 4.72 Å². The molecule has 0 unspecified atom stereocenters. The molecule has 2 aliphatic rings. The van der Waals surface area contributed by atoms with Gasteiger partial charge in [0.1, 0.15) is 0 Å². The van der Waals surface area contributed by atoms with E-state index in [1.54, 1.807) is 18.2 Å². The van der Waals surface area contributed by atoms with Crippen LogP contribution >= 0.6 is 0 Å². The first kappa shape index (κ1) is 17.1. The Morgan fingerprint density at radius 3 is 2.58 bits per heavy atom. The molecule has 0 saturated carbocycles. The normalized spacial score (nSPS) is 16.3. The molecular weight excluding hydrogens is 348 g/mol. The largest absolute Gasteiger partial charge is 0.312 e. The maximum Gasteiger partial charge on any atom is 0.261 e. The first-order valence-electron chi connectivity index (χ1n) is 9.06. The van der Waals surface area contributed by atoms with Crippen molar-refractivity contribution in [2.24, 2.45) is 0 Å². The number of para-hydroxylation sites is 1. The lowest BCUT2D eigenvalue weighted by atomic mass is 9.92. The van der Waals surface area contributed by atoms with Crippen molar-refractivity contribution in [1.29, 1.82) is 0 Å². The fourth-order valence-corrected chi connectivity index (χ4v) is 5.11. The number of nitrogens with one attached hydrogen (secondary N) is 1. The summed E-state index contributed by atoms with van der Waals surface area (Å²) in [6, 6.07) is 10.9. The second-order valence-corrected chi connectivity index (χ2v) is 8.54. The number of carbonyl (C=O) groups is 1. The molecule has 0 aromatic heterocycles. The predicted octanol–water partition coefficient (Wildman–Crippen LogP) is 3.28. The molecule has 0 atom stereocenters. The van der Waals surface area contributed by atoms with Crippen LogP contribution in [0, 0.1) is 0 Å². The monoisotopic (exact) mass is 370 g/mol. The van der Waals surface area contributed by atoms with Crippen LogP contribution in [0.25, 0.3) is 0 Å². The minimum atomic E-state index is -3.67. The molecule has 1 N–H and O–H groups in total. The molecule has 4 rings (SSSR count). The third-order valence-electron chi connectivity index (χ3n) is 5.20. The van der Waals surface area contributed by atoms with Gasteiger partial charge in [0.15, 0.2) is 0 Å². The van der Waals surface area contributed by atoms with Crippen LogP contribution in [0.3, 0.4) is 0 Å². The Balaban J connectivity index is 1.75. The van der Waals surface area contributed by atoms with Crippen LogP contribution in [0.4, 0.5) is 11.4 Å². The van der Waals surface area contributed by atoms with Crippen LogP contribution in [0.5, 0.6) is 0 Å². The van der Waals surface area contributed by atoms with E-state index in [0.29, 0.717) is 18.5 Å². The molecule has 0 radical (unpaired) electrons. The Labute approximate surface area is 154 Å². The summed E-state index contributed by atoms with van der Waals surface area (Å²) in [4.78, 5) is 14.3. The van der Waals surface area contributed by atoms with E-state index in [4.69, 9.17) is 0 Å². The standard InChI is InChI=1S/C20H22N2O3S/c1-2-14-6-3-4-8-18(14)21-26(24,25)17-12-15-7-5-11-22-19(23)10-9-16(13-17)20(15)22/h3-4,6,8,12-13,21H,2,5,7,9-11H2,1H3. The molecule has 0 bridgehead atoms. The number of anilines is 2. The molecule has 5 nitrogen and oxygen atoms in total. The Morgan fingerprint density at radius 2 is 1.81 bits per heavy atom. The Hall–Kier alpha value is -2.34. The topological polar surface area (TPSA) is 66.5 Å². The molecular formula is C20H22N2O3S. The minimum Gasteiger partial charge on any atom is -0.312 e. The lowest BCUT2D eigenvalue weighted by Gasteiger charge is -2.35. The summed E-state index contributed by atoms with van der Waals surface area (Å²) in [5.41, 5.74) is 4.46. The van der Waals surface area contributed by atoms with Gasteiger partial charge in [-0.05, 0) is 60.6 Å². The highest BCUT2D eigenvalue weighted by molar-refractivity contribution is 7.92. The second kappa shape index (κ2) is 6.43. The Morgan fingerprint density at radius 1 is 1.08 bits per heavy atom. The number of hydrogen-bond donors (Lipinski definition) is 1. The van der Waals surface area contributed by atoms with Gasteiger partial charge in [0.2, 0.25) is 5.91 Å². The molecule has 2 aromatic carbocycles. The zero-order chi connectivity index (χ0) is 18.3. The van der Waals surface area contributed by atoms with Crippen LogP contribution < -0.4 is 9.62 Å². The number of amides is 1. The van der Waals surface area contributed by atoms with Crippen molar-refractivity contribution in [2.75, 3.05) is 16.2 Å². The molecule has 0 aliphatic carbocycles. The van der Waals surface area contributed by atoms with Gasteiger partial charge in [-0.25, -0.2) is 8.42 Å².